The molecular weight excluding hydrogens is 421 g/mol. The van der Waals surface area contributed by atoms with Crippen LogP contribution in [-0.4, -0.2) is 37.3 Å². The van der Waals surface area contributed by atoms with Crippen LogP contribution in [0, 0.1) is 5.41 Å². The van der Waals surface area contributed by atoms with Crippen LogP contribution >= 0.6 is 11.3 Å². The SMILES string of the molecule is CC(C)(C)[S+]([O-])N[C@@H]1c2scnc2CC12CCN(c1cnc([S-])cn1)CC2.[Na+]. The predicted octanol–water partition coefficient (Wildman–Crippen LogP) is -0.221. The number of thiazole rings is 1. The van der Waals surface area contributed by atoms with Crippen LogP contribution in [0.1, 0.15) is 50.2 Å². The fourth-order valence-electron chi connectivity index (χ4n) is 3.94. The molecule has 1 aliphatic carbocycles. The average molecular weight is 446 g/mol. The minimum absolute atomic E-state index is 0. The Morgan fingerprint density at radius 1 is 1.25 bits per heavy atom. The number of hydrogen-bond acceptors (Lipinski definition) is 8. The van der Waals surface area contributed by atoms with Crippen LogP contribution in [0.25, 0.3) is 0 Å². The Balaban J connectivity index is 0.00000225. The molecule has 2 aromatic rings. The molecule has 10 heteroatoms. The molecule has 146 valence electrons. The molecule has 1 spiro atoms. The molecule has 1 aliphatic heterocycles. The Morgan fingerprint density at radius 2 is 1.96 bits per heavy atom. The minimum Gasteiger partial charge on any atom is -0.759 e. The van der Waals surface area contributed by atoms with Gasteiger partial charge in [0.25, 0.3) is 0 Å². The second-order valence-electron chi connectivity index (χ2n) is 8.33. The molecule has 1 N–H and O–H groups in total. The molecule has 0 bridgehead atoms. The maximum Gasteiger partial charge on any atom is 1.00 e. The maximum absolute atomic E-state index is 12.8. The van der Waals surface area contributed by atoms with E-state index in [0.717, 1.165) is 38.2 Å². The number of nitrogens with zero attached hydrogens (tertiary/aromatic N) is 4. The number of nitrogens with one attached hydrogen (secondary N) is 1. The molecule has 1 unspecified atom stereocenters. The summed E-state index contributed by atoms with van der Waals surface area (Å²) in [4.78, 5) is 16.7. The molecule has 28 heavy (non-hydrogen) atoms. The molecule has 0 aromatic carbocycles. The van der Waals surface area contributed by atoms with Crippen molar-refractivity contribution >= 4 is 41.1 Å². The van der Waals surface area contributed by atoms with Crippen molar-refractivity contribution in [2.75, 3.05) is 18.0 Å². The van der Waals surface area contributed by atoms with E-state index in [1.807, 2.05) is 26.3 Å². The van der Waals surface area contributed by atoms with E-state index in [1.54, 1.807) is 23.7 Å². The van der Waals surface area contributed by atoms with Gasteiger partial charge >= 0.3 is 29.6 Å². The summed E-state index contributed by atoms with van der Waals surface area (Å²) in [5.74, 6) is 0.882. The van der Waals surface area contributed by atoms with Crippen molar-refractivity contribution in [1.82, 2.24) is 19.7 Å². The molecule has 0 radical (unpaired) electrons. The largest absolute Gasteiger partial charge is 1.00 e. The predicted molar refractivity (Wildman–Crippen MR) is 111 cm³/mol. The second kappa shape index (κ2) is 8.63. The third kappa shape index (κ3) is 4.37. The van der Waals surface area contributed by atoms with Gasteiger partial charge in [0.15, 0.2) is 0 Å². The van der Waals surface area contributed by atoms with Gasteiger partial charge in [0, 0.05) is 40.9 Å². The van der Waals surface area contributed by atoms with Crippen molar-refractivity contribution in [3.8, 4) is 0 Å². The van der Waals surface area contributed by atoms with E-state index in [0.29, 0.717) is 5.03 Å². The number of piperidine rings is 1. The van der Waals surface area contributed by atoms with Gasteiger partial charge in [-0.1, -0.05) is 5.03 Å². The zero-order valence-corrected chi connectivity index (χ0v) is 21.2. The molecule has 1 fully saturated rings. The van der Waals surface area contributed by atoms with Gasteiger partial charge in [0.1, 0.15) is 10.6 Å². The first-order valence-electron chi connectivity index (χ1n) is 9.13. The molecule has 2 aliphatic rings. The van der Waals surface area contributed by atoms with Crippen molar-refractivity contribution in [2.24, 2.45) is 5.41 Å². The van der Waals surface area contributed by atoms with Gasteiger partial charge in [-0.15, -0.1) is 16.1 Å². The van der Waals surface area contributed by atoms with E-state index in [9.17, 15) is 4.55 Å². The van der Waals surface area contributed by atoms with E-state index in [2.05, 4.69) is 24.6 Å². The van der Waals surface area contributed by atoms with Gasteiger partial charge in [-0.25, -0.2) is 9.97 Å². The van der Waals surface area contributed by atoms with Crippen molar-refractivity contribution in [3.05, 3.63) is 28.5 Å². The van der Waals surface area contributed by atoms with Crippen LogP contribution in [0.15, 0.2) is 22.9 Å². The molecular formula is C18H24N5NaOS3. The quantitative estimate of drug-likeness (QED) is 0.398. The summed E-state index contributed by atoms with van der Waals surface area (Å²) in [6.07, 6.45) is 6.37. The van der Waals surface area contributed by atoms with Crippen molar-refractivity contribution < 1.29 is 34.1 Å². The van der Waals surface area contributed by atoms with Crippen LogP contribution in [0.3, 0.4) is 0 Å². The van der Waals surface area contributed by atoms with E-state index in [4.69, 9.17) is 12.6 Å². The number of rotatable bonds is 3. The van der Waals surface area contributed by atoms with E-state index in [-0.39, 0.29) is 45.8 Å². The van der Waals surface area contributed by atoms with Gasteiger partial charge in [-0.2, -0.15) is 0 Å². The summed E-state index contributed by atoms with van der Waals surface area (Å²) in [6, 6.07) is 0.100. The van der Waals surface area contributed by atoms with Gasteiger partial charge < -0.3 is 22.1 Å². The minimum atomic E-state index is -1.11. The Kier molecular flexibility index (Phi) is 6.99. The van der Waals surface area contributed by atoms with Crippen LogP contribution < -0.4 is 39.2 Å². The Morgan fingerprint density at radius 3 is 2.57 bits per heavy atom. The molecule has 6 nitrogen and oxygen atoms in total. The summed E-state index contributed by atoms with van der Waals surface area (Å²) in [5, 5.41) is 0.521. The third-order valence-corrected chi connectivity index (χ3v) is 8.25. The fourth-order valence-corrected chi connectivity index (χ4v) is 6.06. The van der Waals surface area contributed by atoms with E-state index < -0.39 is 11.4 Å². The molecule has 0 saturated carbocycles. The average Bonchev–Trinajstić information content (AvgIpc) is 3.17. The summed E-state index contributed by atoms with van der Waals surface area (Å²) in [5.41, 5.74) is 3.15. The first-order chi connectivity index (χ1) is 12.8. The fraction of sp³-hybridized carbons (Fsp3) is 0.611. The molecule has 4 rings (SSSR count). The van der Waals surface area contributed by atoms with Gasteiger partial charge in [0.05, 0.1) is 23.4 Å². The number of anilines is 1. The van der Waals surface area contributed by atoms with E-state index >= 15 is 0 Å². The van der Waals surface area contributed by atoms with Crippen LogP contribution in [0.2, 0.25) is 0 Å². The second-order valence-corrected chi connectivity index (χ2v) is 11.6. The summed E-state index contributed by atoms with van der Waals surface area (Å²) in [7, 11) is 0. The first kappa shape index (κ1) is 22.7. The smallest absolute Gasteiger partial charge is 0.759 e. The molecule has 2 aromatic heterocycles. The van der Waals surface area contributed by atoms with Crippen LogP contribution in [-0.2, 0) is 30.4 Å². The normalized spacial score (nSPS) is 22.0. The van der Waals surface area contributed by atoms with Crippen molar-refractivity contribution in [3.63, 3.8) is 0 Å². The maximum atomic E-state index is 12.8. The van der Waals surface area contributed by atoms with Gasteiger partial charge in [-0.05, 0) is 40.0 Å². The standard InChI is InChI=1S/C18H25N5OS3.Na/c1-17(2,3)27(24)22-16-15-12(21-11-26-15)8-18(16)4-6-23(7-5-18)13-9-20-14(25)10-19-13;/h9-11,16,22H,4-8H2,1-3H3,(H,20,25);/q;+1/p-1/t16-,27?;/m1./s1. The Labute approximate surface area is 201 Å². The third-order valence-electron chi connectivity index (χ3n) is 5.55. The number of fused-ring (bicyclic) bond motifs is 1. The van der Waals surface area contributed by atoms with Gasteiger partial charge in [-0.3, -0.25) is 4.98 Å². The summed E-state index contributed by atoms with van der Waals surface area (Å²) in [6.45, 7) is 7.84. The first-order valence-corrected chi connectivity index (χ1v) is 11.6. The topological polar surface area (TPSA) is 77.0 Å². The van der Waals surface area contributed by atoms with Gasteiger partial charge in [0.2, 0.25) is 0 Å². The number of aromatic nitrogens is 3. The zero-order valence-electron chi connectivity index (χ0n) is 16.8. The van der Waals surface area contributed by atoms with Crippen molar-refractivity contribution in [1.29, 1.82) is 0 Å². The van der Waals surface area contributed by atoms with E-state index in [1.165, 1.54) is 10.6 Å². The molecule has 0 amide bonds. The molecule has 1 saturated heterocycles. The monoisotopic (exact) mass is 445 g/mol. The molecule has 3 heterocycles. The van der Waals surface area contributed by atoms with Crippen molar-refractivity contribution in [2.45, 2.75) is 55.8 Å². The van der Waals surface area contributed by atoms with Crippen LogP contribution in [0.4, 0.5) is 5.82 Å². The Bertz CT molecular complexity index is 802. The summed E-state index contributed by atoms with van der Waals surface area (Å²) < 4.78 is 16.0. The summed E-state index contributed by atoms with van der Waals surface area (Å²) >= 11 is 5.61. The Hall–Kier alpha value is 0. The number of hydrogen-bond donors (Lipinski definition) is 1. The molecule has 2 atom stereocenters. The van der Waals surface area contributed by atoms with Crippen LogP contribution in [0.5, 0.6) is 0 Å². The zero-order chi connectivity index (χ0) is 19.2.